The fourth-order valence-corrected chi connectivity index (χ4v) is 5.30. The van der Waals surface area contributed by atoms with E-state index in [1.165, 1.54) is 17.3 Å². The van der Waals surface area contributed by atoms with Gasteiger partial charge in [-0.05, 0) is 38.3 Å². The molecule has 0 fully saturated rings. The van der Waals surface area contributed by atoms with Gasteiger partial charge >= 0.3 is 5.97 Å². The van der Waals surface area contributed by atoms with Gasteiger partial charge in [-0.1, -0.05) is 48.2 Å². The van der Waals surface area contributed by atoms with Gasteiger partial charge in [-0.2, -0.15) is 0 Å². The molecule has 2 aromatic heterocycles. The minimum absolute atomic E-state index is 0.0233. The summed E-state index contributed by atoms with van der Waals surface area (Å²) >= 11 is 2.18. The molecule has 2 heterocycles. The number of hydrogen-bond donors (Lipinski definition) is 2. The summed E-state index contributed by atoms with van der Waals surface area (Å²) in [7, 11) is 0. The van der Waals surface area contributed by atoms with Crippen LogP contribution in [0.3, 0.4) is 0 Å². The normalized spacial score (nSPS) is 10.9. The summed E-state index contributed by atoms with van der Waals surface area (Å²) < 4.78 is 7.22. The first-order valence-electron chi connectivity index (χ1n) is 11.3. The maximum Gasteiger partial charge on any atom is 0.341 e. The van der Waals surface area contributed by atoms with Crippen molar-refractivity contribution in [2.24, 2.45) is 5.73 Å². The van der Waals surface area contributed by atoms with E-state index in [1.807, 2.05) is 22.8 Å². The van der Waals surface area contributed by atoms with Crippen LogP contribution in [0.4, 0.5) is 5.00 Å². The number of carbonyl (C=O) groups excluding carboxylic acids is 3. The number of aryl methyl sites for hydroxylation is 2. The Bertz CT molecular complexity index is 1250. The zero-order valence-electron chi connectivity index (χ0n) is 20.4. The number of amides is 2. The first kappa shape index (κ1) is 27.2. The average Bonchev–Trinajstić information content (AvgIpc) is 3.36. The van der Waals surface area contributed by atoms with Crippen molar-refractivity contribution in [3.05, 3.63) is 70.4 Å². The van der Waals surface area contributed by atoms with E-state index in [1.54, 1.807) is 26.8 Å². The highest BCUT2D eigenvalue weighted by Crippen LogP contribution is 2.34. The number of nitrogens with zero attached hydrogens (tertiary/aromatic N) is 3. The number of esters is 1. The van der Waals surface area contributed by atoms with E-state index in [-0.39, 0.29) is 33.2 Å². The monoisotopic (exact) mass is 527 g/mol. The van der Waals surface area contributed by atoms with Crippen molar-refractivity contribution in [2.45, 2.75) is 51.4 Å². The fraction of sp³-hybridized carbons (Fsp3) is 0.320. The van der Waals surface area contributed by atoms with Crippen molar-refractivity contribution in [1.82, 2.24) is 14.8 Å². The predicted molar refractivity (Wildman–Crippen MR) is 142 cm³/mol. The molecule has 36 heavy (non-hydrogen) atoms. The molecule has 190 valence electrons. The number of primary amides is 1. The maximum atomic E-state index is 12.8. The lowest BCUT2D eigenvalue weighted by Gasteiger charge is -2.10. The number of hydrogen-bond acceptors (Lipinski definition) is 8. The highest BCUT2D eigenvalue weighted by atomic mass is 32.2. The summed E-state index contributed by atoms with van der Waals surface area (Å²) in [6.07, 6.45) is 2.91. The second-order valence-electron chi connectivity index (χ2n) is 8.20. The smallest absolute Gasteiger partial charge is 0.341 e. The van der Waals surface area contributed by atoms with E-state index in [2.05, 4.69) is 34.2 Å². The molecule has 0 unspecified atom stereocenters. The second-order valence-corrected chi connectivity index (χ2v) is 10.2. The van der Waals surface area contributed by atoms with Gasteiger partial charge in [0.15, 0.2) is 5.16 Å². The summed E-state index contributed by atoms with van der Waals surface area (Å²) in [5, 5.41) is 12.1. The SMILES string of the molecule is C=CCn1c(CCc2ccccc2)nnc1SCC(=O)Nc1sc(C(N)=O)c(C)c1C(=O)OC(C)C. The van der Waals surface area contributed by atoms with Gasteiger partial charge < -0.3 is 20.4 Å². The molecule has 0 aliphatic heterocycles. The van der Waals surface area contributed by atoms with Crippen molar-refractivity contribution in [3.8, 4) is 0 Å². The van der Waals surface area contributed by atoms with E-state index in [0.717, 1.165) is 23.6 Å². The number of thioether (sulfide) groups is 1. The molecule has 11 heteroatoms. The molecule has 3 N–H and O–H groups in total. The van der Waals surface area contributed by atoms with Crippen LogP contribution in [0.15, 0.2) is 48.1 Å². The minimum atomic E-state index is -0.675. The Morgan fingerprint density at radius 2 is 1.94 bits per heavy atom. The molecular formula is C25H29N5O4S2. The zero-order valence-corrected chi connectivity index (χ0v) is 22.1. The molecule has 0 saturated carbocycles. The van der Waals surface area contributed by atoms with Gasteiger partial charge in [0.25, 0.3) is 5.91 Å². The molecule has 0 aliphatic carbocycles. The number of allylic oxidation sites excluding steroid dienone is 1. The second kappa shape index (κ2) is 12.5. The van der Waals surface area contributed by atoms with Gasteiger partial charge in [0.2, 0.25) is 5.91 Å². The van der Waals surface area contributed by atoms with Gasteiger partial charge in [0.1, 0.15) is 10.8 Å². The van der Waals surface area contributed by atoms with Crippen molar-refractivity contribution in [1.29, 1.82) is 0 Å². The van der Waals surface area contributed by atoms with Gasteiger partial charge in [0.05, 0.1) is 22.3 Å². The van der Waals surface area contributed by atoms with Crippen LogP contribution in [0.1, 0.15) is 50.8 Å². The third-order valence-corrected chi connectivity index (χ3v) is 7.28. The topological polar surface area (TPSA) is 129 Å². The van der Waals surface area contributed by atoms with E-state index >= 15 is 0 Å². The highest BCUT2D eigenvalue weighted by molar-refractivity contribution is 7.99. The van der Waals surface area contributed by atoms with E-state index in [9.17, 15) is 14.4 Å². The van der Waals surface area contributed by atoms with Crippen molar-refractivity contribution in [3.63, 3.8) is 0 Å². The molecule has 0 atom stereocenters. The molecule has 2 amide bonds. The van der Waals surface area contributed by atoms with Crippen LogP contribution in [-0.2, 0) is 28.9 Å². The Hall–Kier alpha value is -3.44. The minimum Gasteiger partial charge on any atom is -0.459 e. The van der Waals surface area contributed by atoms with Crippen molar-refractivity contribution in [2.75, 3.05) is 11.1 Å². The Kier molecular flexibility index (Phi) is 9.43. The van der Waals surface area contributed by atoms with E-state index in [0.29, 0.717) is 23.7 Å². The largest absolute Gasteiger partial charge is 0.459 e. The first-order valence-corrected chi connectivity index (χ1v) is 13.1. The zero-order chi connectivity index (χ0) is 26.2. The lowest BCUT2D eigenvalue weighted by Crippen LogP contribution is -2.18. The maximum absolute atomic E-state index is 12.8. The summed E-state index contributed by atoms with van der Waals surface area (Å²) in [5.41, 5.74) is 7.17. The summed E-state index contributed by atoms with van der Waals surface area (Å²) in [5.74, 6) is -0.833. The van der Waals surface area contributed by atoms with Gasteiger partial charge in [-0.25, -0.2) is 4.79 Å². The third-order valence-electron chi connectivity index (χ3n) is 5.09. The number of carbonyl (C=O) groups is 3. The van der Waals surface area contributed by atoms with E-state index < -0.39 is 11.9 Å². The summed E-state index contributed by atoms with van der Waals surface area (Å²) in [4.78, 5) is 37.4. The number of anilines is 1. The van der Waals surface area contributed by atoms with E-state index in [4.69, 9.17) is 10.5 Å². The molecule has 3 aromatic rings. The summed E-state index contributed by atoms with van der Waals surface area (Å²) in [6.45, 7) is 9.37. The van der Waals surface area contributed by atoms with Crippen LogP contribution < -0.4 is 11.1 Å². The van der Waals surface area contributed by atoms with Gasteiger partial charge in [-0.3, -0.25) is 9.59 Å². The quantitative estimate of drug-likeness (QED) is 0.207. The molecular weight excluding hydrogens is 498 g/mol. The Morgan fingerprint density at radius 1 is 1.22 bits per heavy atom. The number of benzene rings is 1. The Morgan fingerprint density at radius 3 is 2.58 bits per heavy atom. The highest BCUT2D eigenvalue weighted by Gasteiger charge is 2.26. The van der Waals surface area contributed by atoms with Crippen LogP contribution in [0.2, 0.25) is 0 Å². The number of rotatable bonds is 12. The lowest BCUT2D eigenvalue weighted by molar-refractivity contribution is -0.113. The molecule has 0 radical (unpaired) electrons. The molecule has 3 rings (SSSR count). The molecule has 1 aromatic carbocycles. The lowest BCUT2D eigenvalue weighted by atomic mass is 10.1. The van der Waals surface area contributed by atoms with Gasteiger partial charge in [-0.15, -0.1) is 28.1 Å². The van der Waals surface area contributed by atoms with Crippen LogP contribution in [0, 0.1) is 6.92 Å². The number of thiophene rings is 1. The van der Waals surface area contributed by atoms with Crippen LogP contribution in [0.25, 0.3) is 0 Å². The number of nitrogens with one attached hydrogen (secondary N) is 1. The van der Waals surface area contributed by atoms with Crippen LogP contribution in [-0.4, -0.2) is 44.4 Å². The Labute approximate surface area is 218 Å². The predicted octanol–water partition coefficient (Wildman–Crippen LogP) is 4.01. The molecule has 9 nitrogen and oxygen atoms in total. The first-order chi connectivity index (χ1) is 17.2. The average molecular weight is 528 g/mol. The molecule has 0 aliphatic rings. The standard InChI is InChI=1S/C25H29N5O4S2/c1-5-13-30-18(12-11-17-9-7-6-8-10-17)28-29-25(30)35-14-19(31)27-23-20(24(33)34-15(2)3)16(4)21(36-23)22(26)32/h5-10,15H,1,11-14H2,2-4H3,(H2,26,32)(H,27,31). The van der Waals surface area contributed by atoms with Crippen LogP contribution >= 0.6 is 23.1 Å². The number of nitrogens with two attached hydrogens (primary N) is 1. The number of ether oxygens (including phenoxy) is 1. The summed E-state index contributed by atoms with van der Waals surface area (Å²) in [6, 6.07) is 10.1. The van der Waals surface area contributed by atoms with Crippen molar-refractivity contribution >= 4 is 45.9 Å². The molecule has 0 spiro atoms. The third kappa shape index (κ3) is 6.82. The van der Waals surface area contributed by atoms with Gasteiger partial charge in [0, 0.05) is 13.0 Å². The van der Waals surface area contributed by atoms with Crippen LogP contribution in [0.5, 0.6) is 0 Å². The molecule has 0 bridgehead atoms. The van der Waals surface area contributed by atoms with Crippen molar-refractivity contribution < 1.29 is 19.1 Å². The number of aromatic nitrogens is 3. The Balaban J connectivity index is 1.71. The fourth-order valence-electron chi connectivity index (χ4n) is 3.47. The molecule has 0 saturated heterocycles.